The van der Waals surface area contributed by atoms with Crippen molar-refractivity contribution < 1.29 is 14.6 Å². The summed E-state index contributed by atoms with van der Waals surface area (Å²) >= 11 is 0. The van der Waals surface area contributed by atoms with Gasteiger partial charge in [0.1, 0.15) is 0 Å². The Morgan fingerprint density at radius 2 is 2.23 bits per heavy atom. The smallest absolute Gasteiger partial charge is 0.303 e. The molecule has 6 heteroatoms. The normalized spacial score (nSPS) is 14.8. The molecule has 1 aromatic heterocycles. The predicted molar refractivity (Wildman–Crippen MR) is 83.2 cm³/mol. The molecule has 0 aliphatic carbocycles. The molecule has 1 aliphatic rings. The Balaban J connectivity index is 2.39. The highest BCUT2D eigenvalue weighted by Crippen LogP contribution is 2.19. The van der Waals surface area contributed by atoms with Gasteiger partial charge in [-0.3, -0.25) is 14.5 Å². The van der Waals surface area contributed by atoms with Crippen LogP contribution in [-0.2, 0) is 35.5 Å². The molecule has 1 N–H and O–H groups in total. The molecule has 6 nitrogen and oxygen atoms in total. The molecule has 0 atom stereocenters. The van der Waals surface area contributed by atoms with Gasteiger partial charge in [0.25, 0.3) is 5.56 Å². The van der Waals surface area contributed by atoms with Crippen molar-refractivity contribution >= 4 is 5.97 Å². The Labute approximate surface area is 130 Å². The summed E-state index contributed by atoms with van der Waals surface area (Å²) in [6.07, 6.45) is 1.11. The highest BCUT2D eigenvalue weighted by atomic mass is 16.5. The summed E-state index contributed by atoms with van der Waals surface area (Å²) in [7, 11) is 1.62. The lowest BCUT2D eigenvalue weighted by molar-refractivity contribution is -0.136. The predicted octanol–water partition coefficient (Wildman–Crippen LogP) is 0.890. The van der Waals surface area contributed by atoms with Gasteiger partial charge in [-0.2, -0.15) is 0 Å². The van der Waals surface area contributed by atoms with Gasteiger partial charge in [-0.15, -0.1) is 0 Å². The first kappa shape index (κ1) is 16.7. The molecule has 0 saturated carbocycles. The van der Waals surface area contributed by atoms with Gasteiger partial charge in [-0.05, 0) is 24.6 Å². The summed E-state index contributed by atoms with van der Waals surface area (Å²) in [6.45, 7) is 5.86. The summed E-state index contributed by atoms with van der Waals surface area (Å²) in [4.78, 5) is 25.7. The third-order valence-electron chi connectivity index (χ3n) is 4.20. The highest BCUT2D eigenvalue weighted by Gasteiger charge is 2.21. The van der Waals surface area contributed by atoms with Crippen molar-refractivity contribution in [2.45, 2.75) is 39.3 Å². The van der Waals surface area contributed by atoms with E-state index < -0.39 is 5.97 Å². The number of likely N-dealkylation sites (N-methyl/N-ethyl adjacent to an activating group) is 1. The van der Waals surface area contributed by atoms with Gasteiger partial charge < -0.3 is 14.4 Å². The molecule has 0 radical (unpaired) electrons. The fraction of sp³-hybridized carbons (Fsp3) is 0.625. The number of aliphatic carboxylic acids is 1. The number of hydrogen-bond donors (Lipinski definition) is 1. The quantitative estimate of drug-likeness (QED) is 0.810. The Morgan fingerprint density at radius 3 is 2.86 bits per heavy atom. The van der Waals surface area contributed by atoms with Crippen LogP contribution in [0.1, 0.15) is 30.2 Å². The molecule has 2 rings (SSSR count). The van der Waals surface area contributed by atoms with Gasteiger partial charge in [0.2, 0.25) is 0 Å². The van der Waals surface area contributed by atoms with Crippen LogP contribution < -0.4 is 5.56 Å². The number of methoxy groups -OCH3 is 1. The van der Waals surface area contributed by atoms with Crippen LogP contribution in [0.4, 0.5) is 0 Å². The Bertz CT molecular complexity index is 595. The third-order valence-corrected chi connectivity index (χ3v) is 4.20. The van der Waals surface area contributed by atoms with E-state index in [0.29, 0.717) is 18.7 Å². The molecule has 22 heavy (non-hydrogen) atoms. The van der Waals surface area contributed by atoms with Gasteiger partial charge in [-0.1, -0.05) is 6.92 Å². The first-order valence-electron chi connectivity index (χ1n) is 7.74. The van der Waals surface area contributed by atoms with Gasteiger partial charge in [0, 0.05) is 50.8 Å². The summed E-state index contributed by atoms with van der Waals surface area (Å²) in [5.74, 6) is -0.879. The average Bonchev–Trinajstić information content (AvgIpc) is 2.51. The lowest BCUT2D eigenvalue weighted by Crippen LogP contribution is -2.37. The Morgan fingerprint density at radius 1 is 1.45 bits per heavy atom. The lowest BCUT2D eigenvalue weighted by atomic mass is 10.0. The van der Waals surface area contributed by atoms with Crippen LogP contribution in [-0.4, -0.2) is 47.3 Å². The SMILES string of the molecule is CCN1CCc2c(cc(CCC(=O)O)c(=O)n2CCOC)C1. The lowest BCUT2D eigenvalue weighted by Gasteiger charge is -2.30. The first-order valence-corrected chi connectivity index (χ1v) is 7.74. The van der Waals surface area contributed by atoms with Crippen molar-refractivity contribution in [3.05, 3.63) is 33.2 Å². The number of aryl methyl sites for hydroxylation is 1. The molecule has 2 heterocycles. The van der Waals surface area contributed by atoms with Crippen molar-refractivity contribution in [3.8, 4) is 0 Å². The van der Waals surface area contributed by atoms with E-state index in [0.717, 1.165) is 37.3 Å². The van der Waals surface area contributed by atoms with Crippen molar-refractivity contribution in [1.82, 2.24) is 9.47 Å². The van der Waals surface area contributed by atoms with E-state index in [9.17, 15) is 9.59 Å². The number of hydrogen-bond acceptors (Lipinski definition) is 4. The van der Waals surface area contributed by atoms with Gasteiger partial charge >= 0.3 is 5.97 Å². The molecule has 0 saturated heterocycles. The molecule has 1 aliphatic heterocycles. The fourth-order valence-electron chi connectivity index (χ4n) is 2.95. The molecule has 0 spiro atoms. The number of ether oxygens (including phenoxy) is 1. The van der Waals surface area contributed by atoms with E-state index in [-0.39, 0.29) is 18.4 Å². The number of aromatic nitrogens is 1. The minimum absolute atomic E-state index is 0.0181. The molecule has 0 fully saturated rings. The zero-order chi connectivity index (χ0) is 16.1. The van der Waals surface area contributed by atoms with Crippen LogP contribution in [0.25, 0.3) is 0 Å². The molecular weight excluding hydrogens is 284 g/mol. The second-order valence-corrected chi connectivity index (χ2v) is 5.60. The number of nitrogens with zero attached hydrogens (tertiary/aromatic N) is 2. The summed E-state index contributed by atoms with van der Waals surface area (Å²) in [6, 6.07) is 1.91. The number of carbonyl (C=O) groups is 1. The maximum atomic E-state index is 12.6. The van der Waals surface area contributed by atoms with E-state index in [1.165, 1.54) is 0 Å². The Hall–Kier alpha value is -1.66. The van der Waals surface area contributed by atoms with Crippen molar-refractivity contribution in [2.75, 3.05) is 26.8 Å². The number of fused-ring (bicyclic) bond motifs is 1. The molecule has 0 unspecified atom stereocenters. The zero-order valence-electron chi connectivity index (χ0n) is 13.3. The molecule has 0 amide bonds. The van der Waals surface area contributed by atoms with Crippen molar-refractivity contribution in [2.24, 2.45) is 0 Å². The van der Waals surface area contributed by atoms with Gasteiger partial charge in [0.15, 0.2) is 0 Å². The van der Waals surface area contributed by atoms with Crippen LogP contribution in [0.15, 0.2) is 10.9 Å². The minimum Gasteiger partial charge on any atom is -0.481 e. The van der Waals surface area contributed by atoms with Crippen molar-refractivity contribution in [3.63, 3.8) is 0 Å². The largest absolute Gasteiger partial charge is 0.481 e. The number of pyridine rings is 1. The zero-order valence-corrected chi connectivity index (χ0v) is 13.3. The average molecular weight is 308 g/mol. The molecule has 1 aromatic rings. The van der Waals surface area contributed by atoms with Crippen LogP contribution in [0.3, 0.4) is 0 Å². The molecular formula is C16H24N2O4. The topological polar surface area (TPSA) is 71.8 Å². The summed E-state index contributed by atoms with van der Waals surface area (Å²) in [5, 5.41) is 8.86. The molecule has 0 aromatic carbocycles. The van der Waals surface area contributed by atoms with Gasteiger partial charge in [0.05, 0.1) is 6.61 Å². The minimum atomic E-state index is -0.879. The Kier molecular flexibility index (Phi) is 5.74. The van der Waals surface area contributed by atoms with Crippen molar-refractivity contribution in [1.29, 1.82) is 0 Å². The summed E-state index contributed by atoms with van der Waals surface area (Å²) in [5.41, 5.74) is 2.74. The highest BCUT2D eigenvalue weighted by molar-refractivity contribution is 5.67. The monoisotopic (exact) mass is 308 g/mol. The van der Waals surface area contributed by atoms with E-state index >= 15 is 0 Å². The molecule has 122 valence electrons. The summed E-state index contributed by atoms with van der Waals surface area (Å²) < 4.78 is 6.89. The van der Waals surface area contributed by atoms with E-state index in [1.807, 2.05) is 6.07 Å². The molecule has 0 bridgehead atoms. The third kappa shape index (κ3) is 3.75. The number of carboxylic acids is 1. The van der Waals surface area contributed by atoms with E-state index in [4.69, 9.17) is 9.84 Å². The van der Waals surface area contributed by atoms with E-state index in [1.54, 1.807) is 11.7 Å². The number of carboxylic acid groups (broad SMARTS) is 1. The maximum Gasteiger partial charge on any atom is 0.303 e. The number of rotatable bonds is 7. The maximum absolute atomic E-state index is 12.6. The second-order valence-electron chi connectivity index (χ2n) is 5.60. The second kappa shape index (κ2) is 7.56. The fourth-order valence-corrected chi connectivity index (χ4v) is 2.95. The van der Waals surface area contributed by atoms with Crippen LogP contribution in [0.2, 0.25) is 0 Å². The standard InChI is InChI=1S/C16H24N2O4/c1-3-17-7-6-14-13(11-17)10-12(4-5-15(19)20)16(21)18(14)8-9-22-2/h10H,3-9,11H2,1-2H3,(H,19,20). The van der Waals surface area contributed by atoms with Crippen LogP contribution in [0.5, 0.6) is 0 Å². The van der Waals surface area contributed by atoms with E-state index in [2.05, 4.69) is 11.8 Å². The first-order chi connectivity index (χ1) is 10.6. The van der Waals surface area contributed by atoms with Crippen LogP contribution in [0, 0.1) is 0 Å². The van der Waals surface area contributed by atoms with Crippen LogP contribution >= 0.6 is 0 Å². The van der Waals surface area contributed by atoms with Gasteiger partial charge in [-0.25, -0.2) is 0 Å².